The fourth-order valence-corrected chi connectivity index (χ4v) is 2.59. The van der Waals surface area contributed by atoms with Crippen molar-refractivity contribution in [3.63, 3.8) is 0 Å². The topological polar surface area (TPSA) is 47.6 Å². The molecule has 2 aromatic carbocycles. The molecule has 0 radical (unpaired) electrons. The Kier molecular flexibility index (Phi) is 5.88. The maximum absolute atomic E-state index is 12.2. The minimum atomic E-state index is -0.0916. The van der Waals surface area contributed by atoms with Crippen LogP contribution in [0.4, 0.5) is 5.69 Å². The highest BCUT2D eigenvalue weighted by atomic mass is 35.5. The van der Waals surface area contributed by atoms with Gasteiger partial charge >= 0.3 is 0 Å². The van der Waals surface area contributed by atoms with E-state index in [4.69, 9.17) is 21.1 Å². The largest absolute Gasteiger partial charge is 0.497 e. The second kappa shape index (κ2) is 7.88. The van der Waals surface area contributed by atoms with E-state index in [1.165, 1.54) is 0 Å². The summed E-state index contributed by atoms with van der Waals surface area (Å²) >= 11 is 6.13. The van der Waals surface area contributed by atoms with Crippen molar-refractivity contribution in [3.05, 3.63) is 52.5 Å². The molecular formula is C18H20ClNO3. The molecule has 0 spiro atoms. The predicted molar refractivity (Wildman–Crippen MR) is 92.7 cm³/mol. The summed E-state index contributed by atoms with van der Waals surface area (Å²) in [5.74, 6) is 1.39. The van der Waals surface area contributed by atoms with Crippen molar-refractivity contribution in [2.75, 3.05) is 19.5 Å². The average Bonchev–Trinajstić information content (AvgIpc) is 2.56. The van der Waals surface area contributed by atoms with Gasteiger partial charge in [-0.25, -0.2) is 0 Å². The quantitative estimate of drug-likeness (QED) is 0.860. The molecule has 122 valence electrons. The van der Waals surface area contributed by atoms with Crippen molar-refractivity contribution in [1.29, 1.82) is 0 Å². The molecule has 1 N–H and O–H groups in total. The summed E-state index contributed by atoms with van der Waals surface area (Å²) in [5, 5.41) is 3.41. The van der Waals surface area contributed by atoms with E-state index in [2.05, 4.69) is 5.32 Å². The molecule has 0 saturated heterocycles. The first-order valence-corrected chi connectivity index (χ1v) is 7.68. The Bertz CT molecular complexity index is 680. The molecule has 0 bridgehead atoms. The highest BCUT2D eigenvalue weighted by molar-refractivity contribution is 6.33. The van der Waals surface area contributed by atoms with Gasteiger partial charge in [-0.05, 0) is 48.7 Å². The van der Waals surface area contributed by atoms with Crippen LogP contribution in [-0.4, -0.2) is 20.1 Å². The van der Waals surface area contributed by atoms with Crippen molar-refractivity contribution in [3.8, 4) is 11.5 Å². The summed E-state index contributed by atoms with van der Waals surface area (Å²) in [5.41, 5.74) is 2.53. The first-order valence-electron chi connectivity index (χ1n) is 7.31. The minimum absolute atomic E-state index is 0.0916. The maximum Gasteiger partial charge on any atom is 0.224 e. The zero-order chi connectivity index (χ0) is 16.8. The van der Waals surface area contributed by atoms with Gasteiger partial charge in [-0.2, -0.15) is 0 Å². The molecule has 0 heterocycles. The third kappa shape index (κ3) is 4.39. The van der Waals surface area contributed by atoms with Crippen LogP contribution >= 0.6 is 11.6 Å². The van der Waals surface area contributed by atoms with E-state index in [0.29, 0.717) is 23.6 Å². The fraction of sp³-hybridized carbons (Fsp3) is 0.278. The zero-order valence-corrected chi connectivity index (χ0v) is 14.2. The first kappa shape index (κ1) is 17.2. The van der Waals surface area contributed by atoms with Gasteiger partial charge in [-0.15, -0.1) is 0 Å². The predicted octanol–water partition coefficient (Wildman–Crippen LogP) is 4.24. The number of ether oxygens (including phenoxy) is 2. The lowest BCUT2D eigenvalue weighted by Crippen LogP contribution is -2.13. The van der Waals surface area contributed by atoms with Crippen molar-refractivity contribution < 1.29 is 14.3 Å². The standard InChI is InChI=1S/C18H20ClNO3/c1-12-5-4-6-15(19)18(12)20-17(21)10-7-13-11-14(22-2)8-9-16(13)23-3/h4-6,8-9,11H,7,10H2,1-3H3,(H,20,21). The second-order valence-electron chi connectivity index (χ2n) is 5.16. The zero-order valence-electron chi connectivity index (χ0n) is 13.5. The van der Waals surface area contributed by atoms with Gasteiger partial charge in [0.25, 0.3) is 0 Å². The van der Waals surface area contributed by atoms with Crippen LogP contribution in [0.5, 0.6) is 11.5 Å². The minimum Gasteiger partial charge on any atom is -0.497 e. The van der Waals surface area contributed by atoms with Crippen molar-refractivity contribution in [2.45, 2.75) is 19.8 Å². The van der Waals surface area contributed by atoms with Crippen LogP contribution in [0.2, 0.25) is 5.02 Å². The number of hydrogen-bond donors (Lipinski definition) is 1. The van der Waals surface area contributed by atoms with Crippen molar-refractivity contribution >= 4 is 23.2 Å². The number of nitrogens with one attached hydrogen (secondary N) is 1. The number of hydrogen-bond acceptors (Lipinski definition) is 3. The van der Waals surface area contributed by atoms with E-state index in [1.807, 2.05) is 37.3 Å². The van der Waals surface area contributed by atoms with Gasteiger partial charge in [-0.3, -0.25) is 4.79 Å². The molecule has 23 heavy (non-hydrogen) atoms. The lowest BCUT2D eigenvalue weighted by molar-refractivity contribution is -0.116. The normalized spacial score (nSPS) is 10.3. The fourth-order valence-electron chi connectivity index (χ4n) is 2.32. The molecule has 0 atom stereocenters. The van der Waals surface area contributed by atoms with E-state index in [9.17, 15) is 4.79 Å². The number of benzene rings is 2. The van der Waals surface area contributed by atoms with Gasteiger partial charge in [0.05, 0.1) is 24.9 Å². The molecule has 0 fully saturated rings. The lowest BCUT2D eigenvalue weighted by atomic mass is 10.1. The molecule has 1 amide bonds. The lowest BCUT2D eigenvalue weighted by Gasteiger charge is -2.12. The summed E-state index contributed by atoms with van der Waals surface area (Å²) in [4.78, 5) is 12.2. The van der Waals surface area contributed by atoms with Crippen molar-refractivity contribution in [1.82, 2.24) is 0 Å². The number of anilines is 1. The van der Waals surface area contributed by atoms with Gasteiger partial charge in [0.15, 0.2) is 0 Å². The molecule has 0 aliphatic carbocycles. The van der Waals surface area contributed by atoms with E-state index in [1.54, 1.807) is 20.3 Å². The Morgan fingerprint density at radius 3 is 2.61 bits per heavy atom. The molecule has 0 unspecified atom stereocenters. The number of para-hydroxylation sites is 1. The third-order valence-electron chi connectivity index (χ3n) is 3.60. The number of methoxy groups -OCH3 is 2. The summed E-state index contributed by atoms with van der Waals surface area (Å²) in [6.07, 6.45) is 0.879. The molecule has 0 aromatic heterocycles. The van der Waals surface area contributed by atoms with Crippen LogP contribution in [0.15, 0.2) is 36.4 Å². The maximum atomic E-state index is 12.2. The Morgan fingerprint density at radius 2 is 1.96 bits per heavy atom. The van der Waals surface area contributed by atoms with Crippen LogP contribution in [0.3, 0.4) is 0 Å². The number of carbonyl (C=O) groups excluding carboxylic acids is 1. The molecule has 0 aliphatic rings. The van der Waals surface area contributed by atoms with Gasteiger partial charge in [0.2, 0.25) is 5.91 Å². The molecule has 0 saturated carbocycles. The number of rotatable bonds is 6. The van der Waals surface area contributed by atoms with E-state index < -0.39 is 0 Å². The second-order valence-corrected chi connectivity index (χ2v) is 5.56. The first-order chi connectivity index (χ1) is 11.0. The summed E-state index contributed by atoms with van der Waals surface area (Å²) in [6, 6.07) is 11.1. The van der Waals surface area contributed by atoms with Crippen LogP contribution in [-0.2, 0) is 11.2 Å². The molecule has 2 rings (SSSR count). The summed E-state index contributed by atoms with van der Waals surface area (Å²) < 4.78 is 10.5. The molecular weight excluding hydrogens is 314 g/mol. The van der Waals surface area contributed by atoms with E-state index in [0.717, 1.165) is 22.6 Å². The number of amides is 1. The third-order valence-corrected chi connectivity index (χ3v) is 3.91. The number of carbonyl (C=O) groups is 1. The molecule has 2 aromatic rings. The van der Waals surface area contributed by atoms with Crippen LogP contribution in [0, 0.1) is 6.92 Å². The summed E-state index contributed by atoms with van der Waals surface area (Å²) in [7, 11) is 3.22. The number of aryl methyl sites for hydroxylation is 2. The monoisotopic (exact) mass is 333 g/mol. The Balaban J connectivity index is 2.05. The van der Waals surface area contributed by atoms with Gasteiger partial charge < -0.3 is 14.8 Å². The average molecular weight is 334 g/mol. The van der Waals surface area contributed by atoms with Crippen molar-refractivity contribution in [2.24, 2.45) is 0 Å². The number of halogens is 1. The summed E-state index contributed by atoms with van der Waals surface area (Å²) in [6.45, 7) is 1.91. The van der Waals surface area contributed by atoms with Crippen LogP contribution in [0.25, 0.3) is 0 Å². The highest BCUT2D eigenvalue weighted by Gasteiger charge is 2.11. The van der Waals surface area contributed by atoms with Gasteiger partial charge in [0.1, 0.15) is 11.5 Å². The van der Waals surface area contributed by atoms with Gasteiger partial charge in [0, 0.05) is 6.42 Å². The van der Waals surface area contributed by atoms with Crippen LogP contribution < -0.4 is 14.8 Å². The van der Waals surface area contributed by atoms with E-state index in [-0.39, 0.29) is 5.91 Å². The van der Waals surface area contributed by atoms with Gasteiger partial charge in [-0.1, -0.05) is 23.7 Å². The SMILES string of the molecule is COc1ccc(OC)c(CCC(=O)Nc2c(C)cccc2Cl)c1. The Morgan fingerprint density at radius 1 is 1.17 bits per heavy atom. The Hall–Kier alpha value is -2.20. The van der Waals surface area contributed by atoms with E-state index >= 15 is 0 Å². The Labute approximate surface area is 141 Å². The van der Waals surface area contributed by atoms with Crippen LogP contribution in [0.1, 0.15) is 17.5 Å². The molecule has 0 aliphatic heterocycles. The molecule has 5 heteroatoms. The smallest absolute Gasteiger partial charge is 0.224 e. The molecule has 4 nitrogen and oxygen atoms in total. The highest BCUT2D eigenvalue weighted by Crippen LogP contribution is 2.27.